The molecule has 0 fully saturated rings. The fraction of sp³-hybridized carbons (Fsp3) is 0.188. The third kappa shape index (κ3) is 3.52. The van der Waals surface area contributed by atoms with Gasteiger partial charge in [0.15, 0.2) is 0 Å². The molecular weight excluding hydrogens is 274 g/mol. The maximum absolute atomic E-state index is 12.3. The van der Waals surface area contributed by atoms with Crippen molar-refractivity contribution in [1.82, 2.24) is 0 Å². The number of aryl methyl sites for hydroxylation is 1. The van der Waals surface area contributed by atoms with Crippen molar-refractivity contribution in [3.63, 3.8) is 0 Å². The minimum Gasteiger partial charge on any atom is -0.493 e. The number of amides is 1. The summed E-state index contributed by atoms with van der Waals surface area (Å²) in [5.74, 6) is 0.295. The van der Waals surface area contributed by atoms with Crippen LogP contribution < -0.4 is 10.1 Å². The first kappa shape index (κ1) is 14.4. The zero-order valence-corrected chi connectivity index (χ0v) is 12.2. The van der Waals surface area contributed by atoms with E-state index in [0.717, 1.165) is 11.3 Å². The molecule has 0 aliphatic rings. The van der Waals surface area contributed by atoms with Crippen molar-refractivity contribution >= 4 is 23.2 Å². The van der Waals surface area contributed by atoms with Gasteiger partial charge in [-0.05, 0) is 49.7 Å². The summed E-state index contributed by atoms with van der Waals surface area (Å²) in [4.78, 5) is 12.3. The molecule has 0 saturated heterocycles. The highest BCUT2D eigenvalue weighted by molar-refractivity contribution is 6.31. The molecule has 20 heavy (non-hydrogen) atoms. The first-order valence-corrected chi connectivity index (χ1v) is 6.78. The van der Waals surface area contributed by atoms with E-state index in [2.05, 4.69) is 5.32 Å². The number of anilines is 1. The Bertz CT molecular complexity index is 626. The highest BCUT2D eigenvalue weighted by Gasteiger charge is 2.13. The van der Waals surface area contributed by atoms with Crippen molar-refractivity contribution in [2.24, 2.45) is 0 Å². The third-order valence-corrected chi connectivity index (χ3v) is 3.00. The van der Waals surface area contributed by atoms with E-state index in [1.807, 2.05) is 38.1 Å². The maximum atomic E-state index is 12.3. The van der Waals surface area contributed by atoms with Crippen LogP contribution in [0.1, 0.15) is 22.8 Å². The Morgan fingerprint density at radius 1 is 1.25 bits per heavy atom. The van der Waals surface area contributed by atoms with E-state index in [1.165, 1.54) is 0 Å². The molecule has 0 aliphatic carbocycles. The van der Waals surface area contributed by atoms with Crippen molar-refractivity contribution in [1.29, 1.82) is 0 Å². The van der Waals surface area contributed by atoms with Crippen molar-refractivity contribution < 1.29 is 9.53 Å². The lowest BCUT2D eigenvalue weighted by atomic mass is 10.1. The molecule has 2 aromatic rings. The molecule has 0 radical (unpaired) electrons. The van der Waals surface area contributed by atoms with Gasteiger partial charge >= 0.3 is 0 Å². The van der Waals surface area contributed by atoms with E-state index in [4.69, 9.17) is 16.3 Å². The van der Waals surface area contributed by atoms with E-state index in [9.17, 15) is 4.79 Å². The molecule has 0 heterocycles. The lowest BCUT2D eigenvalue weighted by Gasteiger charge is -2.11. The van der Waals surface area contributed by atoms with Gasteiger partial charge in [-0.25, -0.2) is 0 Å². The Labute approximate surface area is 123 Å². The van der Waals surface area contributed by atoms with Crippen molar-refractivity contribution in [2.45, 2.75) is 13.8 Å². The van der Waals surface area contributed by atoms with Gasteiger partial charge in [-0.15, -0.1) is 0 Å². The molecule has 3 nitrogen and oxygen atoms in total. The summed E-state index contributed by atoms with van der Waals surface area (Å²) in [5.41, 5.74) is 2.26. The van der Waals surface area contributed by atoms with Gasteiger partial charge < -0.3 is 10.1 Å². The Balaban J connectivity index is 2.26. The Morgan fingerprint density at radius 3 is 2.75 bits per heavy atom. The van der Waals surface area contributed by atoms with E-state index in [0.29, 0.717) is 22.9 Å². The van der Waals surface area contributed by atoms with Crippen LogP contribution in [0.25, 0.3) is 0 Å². The van der Waals surface area contributed by atoms with Crippen LogP contribution in [0.4, 0.5) is 5.69 Å². The van der Waals surface area contributed by atoms with Crippen LogP contribution in [0.2, 0.25) is 5.02 Å². The van der Waals surface area contributed by atoms with Crippen LogP contribution in [-0.4, -0.2) is 12.5 Å². The van der Waals surface area contributed by atoms with Crippen LogP contribution in [0, 0.1) is 6.92 Å². The minimum absolute atomic E-state index is 0.235. The lowest BCUT2D eigenvalue weighted by molar-refractivity contribution is 0.102. The van der Waals surface area contributed by atoms with Crippen LogP contribution in [0.5, 0.6) is 5.75 Å². The molecule has 1 amide bonds. The number of hydrogen-bond donors (Lipinski definition) is 1. The van der Waals surface area contributed by atoms with Gasteiger partial charge in [0.25, 0.3) is 5.91 Å². The van der Waals surface area contributed by atoms with Gasteiger partial charge in [0.2, 0.25) is 0 Å². The molecule has 4 heteroatoms. The molecule has 1 N–H and O–H groups in total. The monoisotopic (exact) mass is 289 g/mol. The Kier molecular flexibility index (Phi) is 4.64. The summed E-state index contributed by atoms with van der Waals surface area (Å²) in [6.45, 7) is 4.34. The van der Waals surface area contributed by atoms with Gasteiger partial charge in [0.1, 0.15) is 5.75 Å². The van der Waals surface area contributed by atoms with Crippen molar-refractivity contribution in [2.75, 3.05) is 11.9 Å². The molecule has 104 valence electrons. The molecular formula is C16H16ClNO2. The van der Waals surface area contributed by atoms with Crippen molar-refractivity contribution in [3.05, 3.63) is 58.6 Å². The van der Waals surface area contributed by atoms with Crippen LogP contribution in [-0.2, 0) is 0 Å². The number of carbonyl (C=O) groups excluding carboxylic acids is 1. The molecule has 2 rings (SSSR count). The van der Waals surface area contributed by atoms with Crippen molar-refractivity contribution in [3.8, 4) is 5.75 Å². The number of hydrogen-bond acceptors (Lipinski definition) is 2. The highest BCUT2D eigenvalue weighted by Crippen LogP contribution is 2.24. The predicted octanol–water partition coefficient (Wildman–Crippen LogP) is 4.30. The molecule has 0 bridgehead atoms. The average Bonchev–Trinajstić information content (AvgIpc) is 2.41. The number of carbonyl (C=O) groups is 1. The molecule has 0 aromatic heterocycles. The SMILES string of the molecule is CCOc1ccc(Cl)cc1C(=O)Nc1cccc(C)c1. The van der Waals surface area contributed by atoms with Gasteiger partial charge in [-0.1, -0.05) is 23.7 Å². The fourth-order valence-corrected chi connectivity index (χ4v) is 2.05. The first-order valence-electron chi connectivity index (χ1n) is 6.40. The molecule has 0 aliphatic heterocycles. The molecule has 2 aromatic carbocycles. The summed E-state index contributed by atoms with van der Waals surface area (Å²) in [7, 11) is 0. The van der Waals surface area contributed by atoms with Gasteiger partial charge in [-0.3, -0.25) is 4.79 Å². The summed E-state index contributed by atoms with van der Waals surface area (Å²) in [6.07, 6.45) is 0. The summed E-state index contributed by atoms with van der Waals surface area (Å²) in [5, 5.41) is 3.35. The number of ether oxygens (including phenoxy) is 1. The Hall–Kier alpha value is -2.00. The standard InChI is InChI=1S/C16H16ClNO2/c1-3-20-15-8-7-12(17)10-14(15)16(19)18-13-6-4-5-11(2)9-13/h4-10H,3H2,1-2H3,(H,18,19). The summed E-state index contributed by atoms with van der Waals surface area (Å²) >= 11 is 5.95. The smallest absolute Gasteiger partial charge is 0.259 e. The molecule has 0 unspecified atom stereocenters. The minimum atomic E-state index is -0.235. The Morgan fingerprint density at radius 2 is 2.05 bits per heavy atom. The maximum Gasteiger partial charge on any atom is 0.259 e. The summed E-state index contributed by atoms with van der Waals surface area (Å²) < 4.78 is 5.46. The number of nitrogens with one attached hydrogen (secondary N) is 1. The van der Waals surface area contributed by atoms with Crippen LogP contribution in [0.3, 0.4) is 0 Å². The molecule has 0 atom stereocenters. The first-order chi connectivity index (χ1) is 9.60. The average molecular weight is 290 g/mol. The number of halogens is 1. The third-order valence-electron chi connectivity index (χ3n) is 2.76. The fourth-order valence-electron chi connectivity index (χ4n) is 1.88. The second-order valence-electron chi connectivity index (χ2n) is 4.40. The normalized spacial score (nSPS) is 10.2. The van der Waals surface area contributed by atoms with Gasteiger partial charge in [-0.2, -0.15) is 0 Å². The zero-order chi connectivity index (χ0) is 14.5. The zero-order valence-electron chi connectivity index (χ0n) is 11.4. The second-order valence-corrected chi connectivity index (χ2v) is 4.83. The van der Waals surface area contributed by atoms with E-state index < -0.39 is 0 Å². The van der Waals surface area contributed by atoms with Crippen LogP contribution >= 0.6 is 11.6 Å². The second kappa shape index (κ2) is 6.44. The van der Waals surface area contributed by atoms with E-state index in [1.54, 1.807) is 18.2 Å². The summed E-state index contributed by atoms with van der Waals surface area (Å²) in [6, 6.07) is 12.6. The largest absolute Gasteiger partial charge is 0.493 e. The number of benzene rings is 2. The lowest BCUT2D eigenvalue weighted by Crippen LogP contribution is -2.13. The predicted molar refractivity (Wildman–Crippen MR) is 81.8 cm³/mol. The molecule has 0 spiro atoms. The van der Waals surface area contributed by atoms with Crippen LogP contribution in [0.15, 0.2) is 42.5 Å². The topological polar surface area (TPSA) is 38.3 Å². The number of rotatable bonds is 4. The van der Waals surface area contributed by atoms with E-state index >= 15 is 0 Å². The quantitative estimate of drug-likeness (QED) is 0.911. The van der Waals surface area contributed by atoms with Gasteiger partial charge in [0.05, 0.1) is 12.2 Å². The molecule has 0 saturated carbocycles. The highest BCUT2D eigenvalue weighted by atomic mass is 35.5. The van der Waals surface area contributed by atoms with Gasteiger partial charge in [0, 0.05) is 10.7 Å². The van der Waals surface area contributed by atoms with E-state index in [-0.39, 0.29) is 5.91 Å².